The van der Waals surface area contributed by atoms with Crippen molar-refractivity contribution in [1.29, 1.82) is 0 Å². The summed E-state index contributed by atoms with van der Waals surface area (Å²) in [5, 5.41) is 22.0. The van der Waals surface area contributed by atoms with E-state index in [-0.39, 0.29) is 23.5 Å². The summed E-state index contributed by atoms with van der Waals surface area (Å²) in [5.74, 6) is -0.404. The van der Waals surface area contributed by atoms with Crippen molar-refractivity contribution in [2.75, 3.05) is 7.11 Å². The lowest BCUT2D eigenvalue weighted by atomic mass is 10.0. The van der Waals surface area contributed by atoms with Crippen molar-refractivity contribution >= 4 is 5.97 Å². The minimum absolute atomic E-state index is 0.00400. The van der Waals surface area contributed by atoms with Gasteiger partial charge in [-0.1, -0.05) is 6.07 Å². The van der Waals surface area contributed by atoms with Crippen LogP contribution in [-0.2, 0) is 9.53 Å². The molecule has 3 N–H and O–H groups in total. The highest BCUT2D eigenvalue weighted by Crippen LogP contribution is 2.29. The zero-order chi connectivity index (χ0) is 13.9. The van der Waals surface area contributed by atoms with Crippen LogP contribution in [0.25, 0.3) is 0 Å². The average Bonchev–Trinajstić information content (AvgIpc) is 2.26. The quantitative estimate of drug-likeness (QED) is 0.712. The van der Waals surface area contributed by atoms with E-state index in [4.69, 9.17) is 4.74 Å². The lowest BCUT2D eigenvalue weighted by Crippen LogP contribution is -2.48. The van der Waals surface area contributed by atoms with Crippen LogP contribution in [0.3, 0.4) is 0 Å². The van der Waals surface area contributed by atoms with E-state index in [0.717, 1.165) is 0 Å². The Labute approximate surface area is 106 Å². The predicted octanol–water partition coefficient (Wildman–Crippen LogP) is 1.70. The van der Waals surface area contributed by atoms with Gasteiger partial charge < -0.3 is 14.9 Å². The van der Waals surface area contributed by atoms with Gasteiger partial charge in [0.1, 0.15) is 17.0 Å². The molecule has 0 spiro atoms. The Kier molecular flexibility index (Phi) is 4.19. The van der Waals surface area contributed by atoms with Crippen LogP contribution in [0.1, 0.15) is 32.4 Å². The zero-order valence-electron chi connectivity index (χ0n) is 11.0. The van der Waals surface area contributed by atoms with Crippen LogP contribution in [0.2, 0.25) is 0 Å². The third-order valence-electron chi connectivity index (χ3n) is 2.75. The molecule has 0 aromatic heterocycles. The summed E-state index contributed by atoms with van der Waals surface area (Å²) >= 11 is 0. The van der Waals surface area contributed by atoms with Gasteiger partial charge in [-0.15, -0.1) is 0 Å². The van der Waals surface area contributed by atoms with E-state index < -0.39 is 5.54 Å². The molecule has 1 rings (SSSR count). The Bertz CT molecular complexity index is 443. The van der Waals surface area contributed by atoms with Crippen molar-refractivity contribution in [2.24, 2.45) is 0 Å². The smallest absolute Gasteiger partial charge is 0.325 e. The van der Waals surface area contributed by atoms with Gasteiger partial charge in [0.2, 0.25) is 0 Å². The van der Waals surface area contributed by atoms with E-state index in [2.05, 4.69) is 5.32 Å². The number of phenolic OH excluding ortho intramolecular Hbond substituents is 2. The molecule has 1 unspecified atom stereocenters. The molecular weight excluding hydrogens is 234 g/mol. The largest absolute Gasteiger partial charge is 0.508 e. The van der Waals surface area contributed by atoms with Gasteiger partial charge >= 0.3 is 5.97 Å². The minimum atomic E-state index is -0.863. The lowest BCUT2D eigenvalue weighted by molar-refractivity contribution is -0.147. The van der Waals surface area contributed by atoms with Crippen molar-refractivity contribution in [3.05, 3.63) is 23.8 Å². The fourth-order valence-corrected chi connectivity index (χ4v) is 1.83. The third-order valence-corrected chi connectivity index (χ3v) is 2.75. The van der Waals surface area contributed by atoms with Gasteiger partial charge in [-0.05, 0) is 26.8 Å². The van der Waals surface area contributed by atoms with E-state index in [0.29, 0.717) is 5.56 Å². The fourth-order valence-electron chi connectivity index (χ4n) is 1.83. The number of benzene rings is 1. The van der Waals surface area contributed by atoms with E-state index in [9.17, 15) is 15.0 Å². The number of hydrogen-bond acceptors (Lipinski definition) is 5. The predicted molar refractivity (Wildman–Crippen MR) is 67.4 cm³/mol. The highest BCUT2D eigenvalue weighted by Gasteiger charge is 2.30. The van der Waals surface area contributed by atoms with Crippen LogP contribution in [0, 0.1) is 0 Å². The molecule has 5 nitrogen and oxygen atoms in total. The van der Waals surface area contributed by atoms with Crippen LogP contribution in [-0.4, -0.2) is 28.8 Å². The first kappa shape index (κ1) is 14.3. The molecule has 0 saturated carbocycles. The van der Waals surface area contributed by atoms with Gasteiger partial charge in [0.15, 0.2) is 0 Å². The number of hydrogen-bond donors (Lipinski definition) is 3. The first-order valence-electron chi connectivity index (χ1n) is 5.66. The second kappa shape index (κ2) is 5.27. The van der Waals surface area contributed by atoms with Crippen LogP contribution in [0.15, 0.2) is 18.2 Å². The highest BCUT2D eigenvalue weighted by molar-refractivity contribution is 5.79. The molecule has 0 aliphatic carbocycles. The summed E-state index contributed by atoms with van der Waals surface area (Å²) in [6.07, 6.45) is 0. The molecule has 1 aromatic carbocycles. The fraction of sp³-hybridized carbons (Fsp3) is 0.462. The van der Waals surface area contributed by atoms with Crippen molar-refractivity contribution in [3.63, 3.8) is 0 Å². The first-order chi connectivity index (χ1) is 8.27. The minimum Gasteiger partial charge on any atom is -0.508 e. The van der Waals surface area contributed by atoms with E-state index in [1.165, 1.54) is 19.2 Å². The lowest BCUT2D eigenvalue weighted by Gasteiger charge is -2.28. The van der Waals surface area contributed by atoms with Gasteiger partial charge in [-0.2, -0.15) is 0 Å². The molecule has 0 heterocycles. The molecule has 100 valence electrons. The number of nitrogens with one attached hydrogen (secondary N) is 1. The second-order valence-corrected chi connectivity index (χ2v) is 4.73. The Morgan fingerprint density at radius 3 is 2.50 bits per heavy atom. The number of carbonyl (C=O) groups excluding carboxylic acids is 1. The summed E-state index contributed by atoms with van der Waals surface area (Å²) in [4.78, 5) is 11.6. The van der Waals surface area contributed by atoms with E-state index >= 15 is 0 Å². The second-order valence-electron chi connectivity index (χ2n) is 4.73. The third kappa shape index (κ3) is 3.13. The van der Waals surface area contributed by atoms with Gasteiger partial charge in [0.25, 0.3) is 0 Å². The molecule has 18 heavy (non-hydrogen) atoms. The Balaban J connectivity index is 2.88. The SMILES string of the molecule is COC(=O)C(C)(C)NC(C)c1ccc(O)cc1O. The molecule has 0 aliphatic heterocycles. The van der Waals surface area contributed by atoms with Crippen LogP contribution < -0.4 is 5.32 Å². The Morgan fingerprint density at radius 2 is 2.00 bits per heavy atom. The molecule has 1 atom stereocenters. The molecule has 0 amide bonds. The summed E-state index contributed by atoms with van der Waals surface area (Å²) in [5.41, 5.74) is -0.261. The molecule has 0 saturated heterocycles. The Morgan fingerprint density at radius 1 is 1.39 bits per heavy atom. The molecule has 1 aromatic rings. The maximum absolute atomic E-state index is 11.6. The van der Waals surface area contributed by atoms with E-state index in [1.807, 2.05) is 6.92 Å². The summed E-state index contributed by atoms with van der Waals surface area (Å²) < 4.78 is 4.70. The van der Waals surface area contributed by atoms with Crippen LogP contribution in [0.4, 0.5) is 0 Å². The summed E-state index contributed by atoms with van der Waals surface area (Å²) in [6, 6.07) is 4.09. The average molecular weight is 253 g/mol. The maximum Gasteiger partial charge on any atom is 0.325 e. The molecule has 0 aliphatic rings. The number of aromatic hydroxyl groups is 2. The number of methoxy groups -OCH3 is 1. The highest BCUT2D eigenvalue weighted by atomic mass is 16.5. The van der Waals surface area contributed by atoms with Crippen LogP contribution in [0.5, 0.6) is 11.5 Å². The number of esters is 1. The maximum atomic E-state index is 11.6. The monoisotopic (exact) mass is 253 g/mol. The van der Waals surface area contributed by atoms with Crippen molar-refractivity contribution in [1.82, 2.24) is 5.32 Å². The van der Waals surface area contributed by atoms with Gasteiger partial charge in [0.05, 0.1) is 7.11 Å². The van der Waals surface area contributed by atoms with Crippen molar-refractivity contribution in [3.8, 4) is 11.5 Å². The van der Waals surface area contributed by atoms with Gasteiger partial charge in [-0.3, -0.25) is 10.1 Å². The molecule has 0 radical (unpaired) electrons. The molecular formula is C13H19NO4. The van der Waals surface area contributed by atoms with E-state index in [1.54, 1.807) is 19.9 Å². The normalized spacial score (nSPS) is 13.1. The molecule has 0 fully saturated rings. The number of carbonyl (C=O) groups is 1. The summed E-state index contributed by atoms with van der Waals surface area (Å²) in [7, 11) is 1.33. The van der Waals surface area contributed by atoms with Gasteiger partial charge in [-0.25, -0.2) is 0 Å². The van der Waals surface area contributed by atoms with Gasteiger partial charge in [0, 0.05) is 17.7 Å². The summed E-state index contributed by atoms with van der Waals surface area (Å²) in [6.45, 7) is 5.22. The molecule has 0 bridgehead atoms. The topological polar surface area (TPSA) is 78.8 Å². The standard InChI is InChI=1S/C13H19NO4/c1-8(14-13(2,3)12(17)18-4)10-6-5-9(15)7-11(10)16/h5-8,14-16H,1-4H3. The molecule has 5 heteroatoms. The Hall–Kier alpha value is -1.75. The van der Waals surface area contributed by atoms with Crippen molar-refractivity contribution < 1.29 is 19.7 Å². The van der Waals surface area contributed by atoms with Crippen molar-refractivity contribution in [2.45, 2.75) is 32.4 Å². The first-order valence-corrected chi connectivity index (χ1v) is 5.66. The number of rotatable bonds is 4. The number of ether oxygens (including phenoxy) is 1. The zero-order valence-corrected chi connectivity index (χ0v) is 11.0. The number of phenols is 2. The van der Waals surface area contributed by atoms with Crippen LogP contribution >= 0.6 is 0 Å².